The second-order valence-corrected chi connectivity index (χ2v) is 2.54. The lowest BCUT2D eigenvalue weighted by molar-refractivity contribution is 0.0601. The molecular formula is C10H11NO2. The Labute approximate surface area is 76.8 Å². The minimum atomic E-state index is -0.387. The molecule has 1 rings (SSSR count). The van der Waals surface area contributed by atoms with Gasteiger partial charge in [-0.2, -0.15) is 0 Å². The zero-order valence-electron chi connectivity index (χ0n) is 7.41. The fraction of sp³-hybridized carbons (Fsp3) is 0.100. The molecule has 68 valence electrons. The largest absolute Gasteiger partial charge is 0.465 e. The highest BCUT2D eigenvalue weighted by Gasteiger charge is 2.05. The van der Waals surface area contributed by atoms with Crippen LogP contribution >= 0.6 is 0 Å². The Balaban J connectivity index is 3.09. The predicted octanol–water partition coefficient (Wildman–Crippen LogP) is 1.70. The van der Waals surface area contributed by atoms with Crippen LogP contribution in [0.2, 0.25) is 0 Å². The lowest BCUT2D eigenvalue weighted by Crippen LogP contribution is -2.02. The van der Waals surface area contributed by atoms with Crippen LogP contribution in [0.25, 0.3) is 6.08 Å². The number of carbonyl (C=O) groups excluding carboxylic acids is 1. The fourth-order valence-electron chi connectivity index (χ4n) is 1.01. The van der Waals surface area contributed by atoms with Crippen molar-refractivity contribution in [2.45, 2.75) is 0 Å². The van der Waals surface area contributed by atoms with Crippen LogP contribution in [0.1, 0.15) is 15.9 Å². The fourth-order valence-corrected chi connectivity index (χ4v) is 1.01. The summed E-state index contributed by atoms with van der Waals surface area (Å²) in [5, 5.41) is 0. The van der Waals surface area contributed by atoms with Crippen molar-refractivity contribution in [3.05, 3.63) is 35.9 Å². The molecular weight excluding hydrogens is 166 g/mol. The molecule has 0 spiro atoms. The van der Waals surface area contributed by atoms with Crippen LogP contribution in [0.5, 0.6) is 0 Å². The van der Waals surface area contributed by atoms with E-state index in [1.165, 1.54) is 7.11 Å². The van der Waals surface area contributed by atoms with Crippen molar-refractivity contribution in [2.24, 2.45) is 0 Å². The number of rotatable bonds is 2. The zero-order chi connectivity index (χ0) is 9.84. The quantitative estimate of drug-likeness (QED) is 0.552. The van der Waals surface area contributed by atoms with Crippen LogP contribution in [-0.4, -0.2) is 13.1 Å². The van der Waals surface area contributed by atoms with Gasteiger partial charge in [-0.1, -0.05) is 18.7 Å². The normalized spacial score (nSPS) is 9.31. The second kappa shape index (κ2) is 3.76. The van der Waals surface area contributed by atoms with E-state index in [4.69, 9.17) is 5.73 Å². The summed E-state index contributed by atoms with van der Waals surface area (Å²) in [7, 11) is 1.33. The number of anilines is 1. The maximum absolute atomic E-state index is 11.1. The van der Waals surface area contributed by atoms with E-state index in [0.29, 0.717) is 11.3 Å². The number of carbonyl (C=O) groups is 1. The van der Waals surface area contributed by atoms with Crippen LogP contribution in [0.15, 0.2) is 24.8 Å². The Morgan fingerprint density at radius 1 is 1.62 bits per heavy atom. The maximum Gasteiger partial charge on any atom is 0.337 e. The Morgan fingerprint density at radius 2 is 2.31 bits per heavy atom. The lowest BCUT2D eigenvalue weighted by Gasteiger charge is -2.02. The number of nitrogens with two attached hydrogens (primary N) is 1. The summed E-state index contributed by atoms with van der Waals surface area (Å²) in [5.41, 5.74) is 7.43. The van der Waals surface area contributed by atoms with Gasteiger partial charge in [0.15, 0.2) is 0 Å². The highest BCUT2D eigenvalue weighted by Crippen LogP contribution is 2.15. The van der Waals surface area contributed by atoms with Crippen LogP contribution in [0.3, 0.4) is 0 Å². The number of hydrogen-bond donors (Lipinski definition) is 1. The standard InChI is InChI=1S/C10H11NO2/c1-3-7-4-5-8(6-9(7)11)10(12)13-2/h3-6H,1,11H2,2H3. The number of nitrogen functional groups attached to an aromatic ring is 1. The first-order valence-corrected chi connectivity index (χ1v) is 3.79. The molecule has 0 atom stereocenters. The highest BCUT2D eigenvalue weighted by molar-refractivity contribution is 5.91. The minimum Gasteiger partial charge on any atom is -0.465 e. The Morgan fingerprint density at radius 3 is 2.77 bits per heavy atom. The van der Waals surface area contributed by atoms with Crippen molar-refractivity contribution in [3.8, 4) is 0 Å². The van der Waals surface area contributed by atoms with Gasteiger partial charge < -0.3 is 10.5 Å². The molecule has 0 aliphatic heterocycles. The highest BCUT2D eigenvalue weighted by atomic mass is 16.5. The van der Waals surface area contributed by atoms with Crippen molar-refractivity contribution >= 4 is 17.7 Å². The van der Waals surface area contributed by atoms with Gasteiger partial charge in [0.05, 0.1) is 12.7 Å². The van der Waals surface area contributed by atoms with Crippen molar-refractivity contribution in [1.82, 2.24) is 0 Å². The SMILES string of the molecule is C=Cc1ccc(C(=O)OC)cc1N. The van der Waals surface area contributed by atoms with Crippen LogP contribution in [-0.2, 0) is 4.74 Å². The van der Waals surface area contributed by atoms with E-state index in [2.05, 4.69) is 11.3 Å². The van der Waals surface area contributed by atoms with Gasteiger partial charge in [0.2, 0.25) is 0 Å². The summed E-state index contributed by atoms with van der Waals surface area (Å²) in [6.45, 7) is 3.59. The maximum atomic E-state index is 11.1. The van der Waals surface area contributed by atoms with E-state index in [0.717, 1.165) is 5.56 Å². The monoisotopic (exact) mass is 177 g/mol. The van der Waals surface area contributed by atoms with Gasteiger partial charge >= 0.3 is 5.97 Å². The number of methoxy groups -OCH3 is 1. The third kappa shape index (κ3) is 1.87. The molecule has 0 saturated heterocycles. The Hall–Kier alpha value is -1.77. The average Bonchev–Trinajstić information content (AvgIpc) is 2.16. The van der Waals surface area contributed by atoms with E-state index < -0.39 is 0 Å². The summed E-state index contributed by atoms with van der Waals surface area (Å²) >= 11 is 0. The lowest BCUT2D eigenvalue weighted by atomic mass is 10.1. The summed E-state index contributed by atoms with van der Waals surface area (Å²) in [6, 6.07) is 4.96. The number of hydrogen-bond acceptors (Lipinski definition) is 3. The van der Waals surface area contributed by atoms with Gasteiger partial charge in [0, 0.05) is 5.69 Å². The molecule has 0 aliphatic carbocycles. The van der Waals surface area contributed by atoms with E-state index >= 15 is 0 Å². The summed E-state index contributed by atoms with van der Waals surface area (Å²) in [4.78, 5) is 11.1. The van der Waals surface area contributed by atoms with E-state index in [1.54, 1.807) is 24.3 Å². The van der Waals surface area contributed by atoms with Crippen LogP contribution in [0.4, 0.5) is 5.69 Å². The molecule has 0 bridgehead atoms. The van der Waals surface area contributed by atoms with Gasteiger partial charge in [-0.3, -0.25) is 0 Å². The van der Waals surface area contributed by atoms with Crippen molar-refractivity contribution in [1.29, 1.82) is 0 Å². The molecule has 0 saturated carbocycles. The average molecular weight is 177 g/mol. The summed E-state index contributed by atoms with van der Waals surface area (Å²) in [6.07, 6.45) is 1.64. The molecule has 0 aliphatic rings. The van der Waals surface area contributed by atoms with Gasteiger partial charge in [-0.25, -0.2) is 4.79 Å². The molecule has 0 aromatic heterocycles. The van der Waals surface area contributed by atoms with E-state index in [-0.39, 0.29) is 5.97 Å². The second-order valence-electron chi connectivity index (χ2n) is 2.54. The van der Waals surface area contributed by atoms with E-state index in [1.807, 2.05) is 0 Å². The molecule has 0 unspecified atom stereocenters. The number of benzene rings is 1. The van der Waals surface area contributed by atoms with E-state index in [9.17, 15) is 4.79 Å². The molecule has 0 heterocycles. The predicted molar refractivity (Wildman–Crippen MR) is 52.3 cm³/mol. The van der Waals surface area contributed by atoms with Gasteiger partial charge in [-0.15, -0.1) is 0 Å². The van der Waals surface area contributed by atoms with Gasteiger partial charge in [0.25, 0.3) is 0 Å². The van der Waals surface area contributed by atoms with Crippen molar-refractivity contribution < 1.29 is 9.53 Å². The topological polar surface area (TPSA) is 52.3 Å². The minimum absolute atomic E-state index is 0.387. The Bertz CT molecular complexity index is 345. The first kappa shape index (κ1) is 9.32. The molecule has 3 heteroatoms. The first-order valence-electron chi connectivity index (χ1n) is 3.79. The molecule has 1 aromatic rings. The Kier molecular flexibility index (Phi) is 2.69. The van der Waals surface area contributed by atoms with Crippen molar-refractivity contribution in [3.63, 3.8) is 0 Å². The molecule has 2 N–H and O–H groups in total. The number of ether oxygens (including phenoxy) is 1. The molecule has 0 fully saturated rings. The summed E-state index contributed by atoms with van der Waals surface area (Å²) < 4.78 is 4.54. The molecule has 1 aromatic carbocycles. The third-order valence-electron chi connectivity index (χ3n) is 1.73. The smallest absolute Gasteiger partial charge is 0.337 e. The first-order chi connectivity index (χ1) is 6.19. The number of esters is 1. The zero-order valence-corrected chi connectivity index (χ0v) is 7.41. The molecule has 0 radical (unpaired) electrons. The molecule has 0 amide bonds. The summed E-state index contributed by atoms with van der Waals surface area (Å²) in [5.74, 6) is -0.387. The molecule has 13 heavy (non-hydrogen) atoms. The van der Waals surface area contributed by atoms with Gasteiger partial charge in [0.1, 0.15) is 0 Å². The third-order valence-corrected chi connectivity index (χ3v) is 1.73. The molecule has 3 nitrogen and oxygen atoms in total. The van der Waals surface area contributed by atoms with Gasteiger partial charge in [-0.05, 0) is 17.7 Å². The van der Waals surface area contributed by atoms with Crippen LogP contribution in [0, 0.1) is 0 Å². The van der Waals surface area contributed by atoms with Crippen LogP contribution < -0.4 is 5.73 Å². The van der Waals surface area contributed by atoms with Crippen molar-refractivity contribution in [2.75, 3.05) is 12.8 Å².